The Morgan fingerprint density at radius 3 is 2.55 bits per heavy atom. The van der Waals surface area contributed by atoms with Crippen LogP contribution in [0.1, 0.15) is 22.3 Å². The molecular weight excluding hydrogens is 394 g/mol. The van der Waals surface area contributed by atoms with Gasteiger partial charge in [-0.2, -0.15) is 13.2 Å². The number of ether oxygens (including phenoxy) is 2. The van der Waals surface area contributed by atoms with Crippen LogP contribution < -0.4 is 9.47 Å². The molecule has 0 unspecified atom stereocenters. The number of likely N-dealkylation sites (tertiary alicyclic amines) is 1. The van der Waals surface area contributed by atoms with E-state index in [9.17, 15) is 27.5 Å². The predicted molar refractivity (Wildman–Crippen MR) is 95.3 cm³/mol. The molecule has 2 aromatic rings. The van der Waals surface area contributed by atoms with Crippen LogP contribution in [0.4, 0.5) is 17.6 Å². The summed E-state index contributed by atoms with van der Waals surface area (Å²) in [6.45, 7) is -0.102. The summed E-state index contributed by atoms with van der Waals surface area (Å²) in [5.74, 6) is -0.955. The van der Waals surface area contributed by atoms with Crippen LogP contribution in [0.25, 0.3) is 0 Å². The van der Waals surface area contributed by atoms with E-state index >= 15 is 0 Å². The van der Waals surface area contributed by atoms with E-state index in [1.807, 2.05) is 0 Å². The van der Waals surface area contributed by atoms with Crippen molar-refractivity contribution in [1.29, 1.82) is 0 Å². The number of piperidine rings is 1. The van der Waals surface area contributed by atoms with Crippen LogP contribution in [0.3, 0.4) is 0 Å². The van der Waals surface area contributed by atoms with Gasteiger partial charge in [-0.25, -0.2) is 4.39 Å². The van der Waals surface area contributed by atoms with Gasteiger partial charge in [0.15, 0.2) is 11.5 Å². The first-order chi connectivity index (χ1) is 13.7. The highest BCUT2D eigenvalue weighted by Gasteiger charge is 2.38. The minimum Gasteiger partial charge on any atom is -0.493 e. The normalized spacial score (nSPS) is 19.7. The zero-order valence-electron chi connectivity index (χ0n) is 15.4. The molecule has 1 N–H and O–H groups in total. The molecule has 0 saturated carbocycles. The Balaban J connectivity index is 1.72. The first-order valence-corrected chi connectivity index (χ1v) is 8.84. The zero-order valence-corrected chi connectivity index (χ0v) is 15.4. The van der Waals surface area contributed by atoms with Crippen molar-refractivity contribution in [2.45, 2.75) is 24.8 Å². The fourth-order valence-corrected chi connectivity index (χ4v) is 3.22. The third-order valence-electron chi connectivity index (χ3n) is 4.67. The van der Waals surface area contributed by atoms with E-state index < -0.39 is 41.2 Å². The van der Waals surface area contributed by atoms with Crippen LogP contribution >= 0.6 is 0 Å². The highest BCUT2D eigenvalue weighted by atomic mass is 19.4. The molecule has 156 valence electrons. The smallest absolute Gasteiger partial charge is 0.417 e. The van der Waals surface area contributed by atoms with Crippen LogP contribution in [0, 0.1) is 5.82 Å². The Hall–Kier alpha value is -2.81. The summed E-state index contributed by atoms with van der Waals surface area (Å²) in [5.41, 5.74) is -1.49. The highest BCUT2D eigenvalue weighted by molar-refractivity contribution is 5.96. The van der Waals surface area contributed by atoms with E-state index in [0.717, 1.165) is 23.1 Å². The van der Waals surface area contributed by atoms with Gasteiger partial charge in [-0.1, -0.05) is 12.1 Å². The van der Waals surface area contributed by atoms with Crippen molar-refractivity contribution in [2.75, 3.05) is 20.2 Å². The van der Waals surface area contributed by atoms with Crippen molar-refractivity contribution in [3.8, 4) is 11.5 Å². The number of carbonyl (C=O) groups excluding carboxylic acids is 1. The quantitative estimate of drug-likeness (QED) is 0.780. The molecule has 1 aliphatic rings. The maximum absolute atomic E-state index is 13.3. The fourth-order valence-electron chi connectivity index (χ4n) is 3.22. The molecule has 29 heavy (non-hydrogen) atoms. The number of aliphatic hydroxyl groups excluding tert-OH is 1. The molecule has 0 spiro atoms. The average molecular weight is 413 g/mol. The molecule has 3 rings (SSSR count). The van der Waals surface area contributed by atoms with E-state index in [-0.39, 0.29) is 31.0 Å². The van der Waals surface area contributed by atoms with Crippen LogP contribution in [-0.2, 0) is 6.18 Å². The van der Waals surface area contributed by atoms with Crippen molar-refractivity contribution in [3.63, 3.8) is 0 Å². The summed E-state index contributed by atoms with van der Waals surface area (Å²) in [6.07, 6.45) is -6.34. The van der Waals surface area contributed by atoms with Crippen LogP contribution in [-0.4, -0.2) is 48.3 Å². The van der Waals surface area contributed by atoms with Gasteiger partial charge in [0.05, 0.1) is 24.8 Å². The van der Waals surface area contributed by atoms with Gasteiger partial charge in [-0.15, -0.1) is 0 Å². The average Bonchev–Trinajstić information content (AvgIpc) is 2.69. The first-order valence-electron chi connectivity index (χ1n) is 8.84. The Bertz CT molecular complexity index is 887. The molecule has 0 radical (unpaired) electrons. The maximum atomic E-state index is 13.3. The Kier molecular flexibility index (Phi) is 5.97. The van der Waals surface area contributed by atoms with Crippen molar-refractivity contribution < 1.29 is 36.9 Å². The van der Waals surface area contributed by atoms with E-state index in [1.165, 1.54) is 31.4 Å². The van der Waals surface area contributed by atoms with Crippen LogP contribution in [0.15, 0.2) is 42.5 Å². The van der Waals surface area contributed by atoms with E-state index in [1.54, 1.807) is 0 Å². The van der Waals surface area contributed by atoms with Crippen LogP contribution in [0.2, 0.25) is 0 Å². The second-order valence-corrected chi connectivity index (χ2v) is 6.60. The van der Waals surface area contributed by atoms with Crippen molar-refractivity contribution in [2.24, 2.45) is 0 Å². The summed E-state index contributed by atoms with van der Waals surface area (Å²) in [7, 11) is 1.34. The lowest BCUT2D eigenvalue weighted by Crippen LogP contribution is -2.51. The molecule has 2 atom stereocenters. The molecule has 1 fully saturated rings. The highest BCUT2D eigenvalue weighted by Crippen LogP contribution is 2.33. The molecule has 2 aromatic carbocycles. The van der Waals surface area contributed by atoms with Gasteiger partial charge < -0.3 is 19.5 Å². The summed E-state index contributed by atoms with van der Waals surface area (Å²) in [5, 5.41) is 10.4. The Morgan fingerprint density at radius 1 is 1.17 bits per heavy atom. The first kappa shape index (κ1) is 20.9. The Morgan fingerprint density at radius 2 is 1.90 bits per heavy atom. The largest absolute Gasteiger partial charge is 0.493 e. The van der Waals surface area contributed by atoms with Crippen LogP contribution in [0.5, 0.6) is 11.5 Å². The summed E-state index contributed by atoms with van der Waals surface area (Å²) in [4.78, 5) is 13.8. The van der Waals surface area contributed by atoms with Gasteiger partial charge >= 0.3 is 6.18 Å². The number of hydrogen-bond acceptors (Lipinski definition) is 4. The lowest BCUT2D eigenvalue weighted by atomic mass is 10.0. The molecule has 1 amide bonds. The Labute approximate surface area is 164 Å². The summed E-state index contributed by atoms with van der Waals surface area (Å²) in [6, 6.07) is 8.20. The number of aliphatic hydroxyl groups is 1. The number of methoxy groups -OCH3 is 1. The third-order valence-corrected chi connectivity index (χ3v) is 4.67. The molecule has 0 bridgehead atoms. The molecule has 1 heterocycles. The minimum absolute atomic E-state index is 0.0935. The number of halogens is 4. The minimum atomic E-state index is -4.66. The molecule has 1 aliphatic heterocycles. The number of rotatable bonds is 4. The number of carbonyl (C=O) groups is 1. The van der Waals surface area contributed by atoms with Gasteiger partial charge in [0.2, 0.25) is 0 Å². The van der Waals surface area contributed by atoms with Gasteiger partial charge in [0.1, 0.15) is 18.0 Å². The van der Waals surface area contributed by atoms with E-state index in [2.05, 4.69) is 0 Å². The predicted octanol–water partition coefficient (Wildman–Crippen LogP) is 3.51. The SMILES string of the molecule is COc1cc(F)ccc1O[C@@H]1CCN(C(=O)c2ccccc2C(F)(F)F)C[C@H]1O. The fraction of sp³-hybridized carbons (Fsp3) is 0.350. The van der Waals surface area contributed by atoms with Gasteiger partial charge in [-0.3, -0.25) is 4.79 Å². The molecule has 5 nitrogen and oxygen atoms in total. The lowest BCUT2D eigenvalue weighted by molar-refractivity contribution is -0.138. The molecule has 9 heteroatoms. The second-order valence-electron chi connectivity index (χ2n) is 6.60. The summed E-state index contributed by atoms with van der Waals surface area (Å²) >= 11 is 0. The van der Waals surface area contributed by atoms with E-state index in [4.69, 9.17) is 9.47 Å². The number of β-amino-alcohol motifs (C(OH)–C–C–N with tert-alkyl or cyclic N) is 1. The lowest BCUT2D eigenvalue weighted by Gasteiger charge is -2.36. The van der Waals surface area contributed by atoms with Crippen molar-refractivity contribution in [1.82, 2.24) is 4.90 Å². The monoisotopic (exact) mass is 413 g/mol. The number of amides is 1. The second kappa shape index (κ2) is 8.28. The van der Waals surface area contributed by atoms with Gasteiger partial charge in [-0.05, 0) is 24.3 Å². The van der Waals surface area contributed by atoms with Crippen molar-refractivity contribution >= 4 is 5.91 Å². The van der Waals surface area contributed by atoms with Gasteiger partial charge in [0.25, 0.3) is 5.91 Å². The molecule has 0 aromatic heterocycles. The number of alkyl halides is 3. The molecule has 0 aliphatic carbocycles. The number of benzene rings is 2. The van der Waals surface area contributed by atoms with E-state index in [0.29, 0.717) is 0 Å². The topological polar surface area (TPSA) is 59.0 Å². The summed E-state index contributed by atoms with van der Waals surface area (Å²) < 4.78 is 63.6. The third kappa shape index (κ3) is 4.61. The standard InChI is InChI=1S/C20H19F4NO4/c1-28-18-10-12(21)6-7-17(18)29-16-8-9-25(11-15(16)26)19(27)13-4-2-3-5-14(13)20(22,23)24/h2-7,10,15-16,26H,8-9,11H2,1H3/t15-,16-/m1/s1. The van der Waals surface area contributed by atoms with Crippen molar-refractivity contribution in [3.05, 3.63) is 59.4 Å². The maximum Gasteiger partial charge on any atom is 0.417 e. The molecular formula is C20H19F4NO4. The van der Waals surface area contributed by atoms with Gasteiger partial charge in [0, 0.05) is 19.0 Å². The molecule has 1 saturated heterocycles. The number of hydrogen-bond donors (Lipinski definition) is 1. The zero-order chi connectivity index (χ0) is 21.2. The number of nitrogens with zero attached hydrogens (tertiary/aromatic N) is 1.